The van der Waals surface area contributed by atoms with Gasteiger partial charge in [-0.05, 0) is 26.2 Å². The molecule has 5 heteroatoms. The molecule has 17 heavy (non-hydrogen) atoms. The largest absolute Gasteiger partial charge is 0.332 e. The predicted molar refractivity (Wildman–Crippen MR) is 66.3 cm³/mol. The lowest BCUT2D eigenvalue weighted by Crippen LogP contribution is -2.53. The van der Waals surface area contributed by atoms with Crippen LogP contribution in [0.15, 0.2) is 0 Å². The predicted octanol–water partition coefficient (Wildman–Crippen LogP) is 0.195. The number of rotatable bonds is 6. The van der Waals surface area contributed by atoms with Crippen LogP contribution in [-0.4, -0.2) is 53.8 Å². The lowest BCUT2D eigenvalue weighted by molar-refractivity contribution is -0.149. The first kappa shape index (κ1) is 14.0. The Labute approximate surface area is 103 Å². The van der Waals surface area contributed by atoms with Crippen molar-refractivity contribution in [1.29, 1.82) is 0 Å². The fourth-order valence-corrected chi connectivity index (χ4v) is 1.94. The smallest absolute Gasteiger partial charge is 0.242 e. The molecule has 0 spiro atoms. The SMILES string of the molecule is CCC(N)CCCN1CC(=O)N(CC)CC1=O. The molecule has 0 aliphatic carbocycles. The molecule has 1 aliphatic heterocycles. The van der Waals surface area contributed by atoms with Crippen molar-refractivity contribution in [1.82, 2.24) is 9.80 Å². The van der Waals surface area contributed by atoms with Gasteiger partial charge < -0.3 is 15.5 Å². The van der Waals surface area contributed by atoms with Crippen molar-refractivity contribution in [3.8, 4) is 0 Å². The maximum absolute atomic E-state index is 11.8. The van der Waals surface area contributed by atoms with E-state index in [1.807, 2.05) is 6.92 Å². The summed E-state index contributed by atoms with van der Waals surface area (Å²) in [4.78, 5) is 26.6. The standard InChI is InChI=1S/C12H23N3O2/c1-3-10(13)6-5-7-15-9-11(16)14(4-2)8-12(15)17/h10H,3-9,13H2,1-2H3. The average Bonchev–Trinajstić information content (AvgIpc) is 2.32. The van der Waals surface area contributed by atoms with Crippen molar-refractivity contribution < 1.29 is 9.59 Å². The van der Waals surface area contributed by atoms with Crippen LogP contribution in [0.2, 0.25) is 0 Å². The molecule has 1 heterocycles. The number of piperazine rings is 1. The molecule has 0 aromatic carbocycles. The zero-order valence-electron chi connectivity index (χ0n) is 10.8. The van der Waals surface area contributed by atoms with E-state index in [0.717, 1.165) is 19.3 Å². The molecule has 2 N–H and O–H groups in total. The van der Waals surface area contributed by atoms with E-state index >= 15 is 0 Å². The minimum atomic E-state index is 0.0480. The van der Waals surface area contributed by atoms with E-state index in [2.05, 4.69) is 6.92 Å². The first-order valence-corrected chi connectivity index (χ1v) is 6.39. The fraction of sp³-hybridized carbons (Fsp3) is 0.833. The number of nitrogens with zero attached hydrogens (tertiary/aromatic N) is 2. The van der Waals surface area contributed by atoms with Gasteiger partial charge in [0.25, 0.3) is 0 Å². The summed E-state index contributed by atoms with van der Waals surface area (Å²) in [7, 11) is 0. The zero-order valence-corrected chi connectivity index (χ0v) is 10.8. The highest BCUT2D eigenvalue weighted by atomic mass is 16.2. The van der Waals surface area contributed by atoms with Crippen molar-refractivity contribution in [2.24, 2.45) is 5.73 Å². The van der Waals surface area contributed by atoms with E-state index in [-0.39, 0.29) is 30.9 Å². The van der Waals surface area contributed by atoms with Crippen molar-refractivity contribution in [3.63, 3.8) is 0 Å². The van der Waals surface area contributed by atoms with Gasteiger partial charge in [0, 0.05) is 19.1 Å². The Kier molecular flexibility index (Phi) is 5.41. The highest BCUT2D eigenvalue weighted by Gasteiger charge is 2.28. The number of nitrogens with two attached hydrogens (primary N) is 1. The van der Waals surface area contributed by atoms with E-state index in [9.17, 15) is 9.59 Å². The number of carbonyl (C=O) groups excluding carboxylic acids is 2. The first-order valence-electron chi connectivity index (χ1n) is 6.39. The molecule has 0 aromatic rings. The zero-order chi connectivity index (χ0) is 12.8. The van der Waals surface area contributed by atoms with Gasteiger partial charge in [-0.2, -0.15) is 0 Å². The molecule has 1 rings (SSSR count). The molecule has 5 nitrogen and oxygen atoms in total. The van der Waals surface area contributed by atoms with Crippen molar-refractivity contribution >= 4 is 11.8 Å². The summed E-state index contributed by atoms with van der Waals surface area (Å²) in [6, 6.07) is 0.206. The summed E-state index contributed by atoms with van der Waals surface area (Å²) in [5.74, 6) is 0.100. The Hall–Kier alpha value is -1.10. The van der Waals surface area contributed by atoms with E-state index in [0.29, 0.717) is 13.1 Å². The van der Waals surface area contributed by atoms with Crippen LogP contribution in [0.1, 0.15) is 33.1 Å². The Morgan fingerprint density at radius 1 is 1.18 bits per heavy atom. The minimum absolute atomic E-state index is 0.0480. The van der Waals surface area contributed by atoms with Crippen molar-refractivity contribution in [2.45, 2.75) is 39.2 Å². The van der Waals surface area contributed by atoms with Crippen LogP contribution in [-0.2, 0) is 9.59 Å². The van der Waals surface area contributed by atoms with Gasteiger partial charge in [0.2, 0.25) is 11.8 Å². The lowest BCUT2D eigenvalue weighted by atomic mass is 10.1. The van der Waals surface area contributed by atoms with Crippen LogP contribution in [0.4, 0.5) is 0 Å². The van der Waals surface area contributed by atoms with Crippen LogP contribution in [0.3, 0.4) is 0 Å². The molecular formula is C12H23N3O2. The van der Waals surface area contributed by atoms with Gasteiger partial charge in [-0.25, -0.2) is 0 Å². The van der Waals surface area contributed by atoms with Crippen LogP contribution in [0.5, 0.6) is 0 Å². The number of likely N-dealkylation sites (N-methyl/N-ethyl adjacent to an activating group) is 1. The molecule has 0 saturated carbocycles. The summed E-state index contributed by atoms with van der Waals surface area (Å²) in [5, 5.41) is 0. The van der Waals surface area contributed by atoms with Crippen LogP contribution < -0.4 is 5.73 Å². The van der Waals surface area contributed by atoms with Gasteiger partial charge in [-0.1, -0.05) is 6.92 Å². The van der Waals surface area contributed by atoms with Gasteiger partial charge in [-0.15, -0.1) is 0 Å². The summed E-state index contributed by atoms with van der Waals surface area (Å²) in [6.07, 6.45) is 2.74. The number of carbonyl (C=O) groups is 2. The van der Waals surface area contributed by atoms with Crippen molar-refractivity contribution in [2.75, 3.05) is 26.2 Å². The highest BCUT2D eigenvalue weighted by Crippen LogP contribution is 2.07. The van der Waals surface area contributed by atoms with E-state index in [1.54, 1.807) is 9.80 Å². The molecule has 0 radical (unpaired) electrons. The summed E-state index contributed by atoms with van der Waals surface area (Å²) in [5.41, 5.74) is 5.82. The third kappa shape index (κ3) is 4.00. The lowest BCUT2D eigenvalue weighted by Gasteiger charge is -2.33. The fourth-order valence-electron chi connectivity index (χ4n) is 1.94. The van der Waals surface area contributed by atoms with Crippen LogP contribution in [0.25, 0.3) is 0 Å². The first-order chi connectivity index (χ1) is 8.08. The maximum atomic E-state index is 11.8. The second-order valence-corrected chi connectivity index (χ2v) is 4.53. The van der Waals surface area contributed by atoms with Gasteiger partial charge in [0.1, 0.15) is 0 Å². The maximum Gasteiger partial charge on any atom is 0.242 e. The molecule has 0 bridgehead atoms. The van der Waals surface area contributed by atoms with Gasteiger partial charge in [0.15, 0.2) is 0 Å². The number of amides is 2. The molecule has 1 aliphatic rings. The molecule has 2 amide bonds. The number of hydrogen-bond donors (Lipinski definition) is 1. The number of hydrogen-bond acceptors (Lipinski definition) is 3. The molecule has 98 valence electrons. The second-order valence-electron chi connectivity index (χ2n) is 4.53. The van der Waals surface area contributed by atoms with Gasteiger partial charge in [0.05, 0.1) is 13.1 Å². The van der Waals surface area contributed by atoms with Crippen molar-refractivity contribution in [3.05, 3.63) is 0 Å². The third-order valence-corrected chi connectivity index (χ3v) is 3.27. The quantitative estimate of drug-likeness (QED) is 0.722. The topological polar surface area (TPSA) is 66.6 Å². The average molecular weight is 241 g/mol. The highest BCUT2D eigenvalue weighted by molar-refractivity contribution is 5.92. The van der Waals surface area contributed by atoms with Gasteiger partial charge in [-0.3, -0.25) is 9.59 Å². The summed E-state index contributed by atoms with van der Waals surface area (Å²) >= 11 is 0. The summed E-state index contributed by atoms with van der Waals surface area (Å²) < 4.78 is 0. The Morgan fingerprint density at radius 3 is 2.35 bits per heavy atom. The Morgan fingerprint density at radius 2 is 1.76 bits per heavy atom. The van der Waals surface area contributed by atoms with Gasteiger partial charge >= 0.3 is 0 Å². The second kappa shape index (κ2) is 6.59. The molecule has 1 fully saturated rings. The summed E-state index contributed by atoms with van der Waals surface area (Å²) in [6.45, 7) is 5.67. The third-order valence-electron chi connectivity index (χ3n) is 3.27. The molecule has 1 saturated heterocycles. The van der Waals surface area contributed by atoms with Crippen LogP contribution >= 0.6 is 0 Å². The monoisotopic (exact) mass is 241 g/mol. The normalized spacial score (nSPS) is 18.8. The Bertz CT molecular complexity index is 281. The molecule has 1 atom stereocenters. The molecule has 1 unspecified atom stereocenters. The van der Waals surface area contributed by atoms with E-state index < -0.39 is 0 Å². The van der Waals surface area contributed by atoms with E-state index in [4.69, 9.17) is 5.73 Å². The molecular weight excluding hydrogens is 218 g/mol. The Balaban J connectivity index is 2.35. The minimum Gasteiger partial charge on any atom is -0.332 e. The van der Waals surface area contributed by atoms with Crippen LogP contribution in [0, 0.1) is 0 Å². The molecule has 0 aromatic heterocycles. The van der Waals surface area contributed by atoms with E-state index in [1.165, 1.54) is 0 Å².